The van der Waals surface area contributed by atoms with Crippen molar-refractivity contribution in [2.45, 2.75) is 18.4 Å². The van der Waals surface area contributed by atoms with Gasteiger partial charge in [-0.3, -0.25) is 19.1 Å². The molecule has 170 valence electrons. The number of ketones is 1. The summed E-state index contributed by atoms with van der Waals surface area (Å²) in [4.78, 5) is 35.4. The Bertz CT molecular complexity index is 1240. The van der Waals surface area contributed by atoms with Crippen LogP contribution in [-0.2, 0) is 26.2 Å². The second kappa shape index (κ2) is 10.6. The lowest BCUT2D eigenvalue weighted by molar-refractivity contribution is -0.143. The first-order chi connectivity index (χ1) is 15.7. The largest absolute Gasteiger partial charge is 0.460 e. The Morgan fingerprint density at radius 3 is 2.03 bits per heavy atom. The van der Waals surface area contributed by atoms with Crippen molar-refractivity contribution in [2.24, 2.45) is 0 Å². The highest BCUT2D eigenvalue weighted by Gasteiger charge is 2.15. The van der Waals surface area contributed by atoms with Gasteiger partial charge in [0.05, 0.1) is 4.90 Å². The van der Waals surface area contributed by atoms with E-state index in [-0.39, 0.29) is 35.1 Å². The lowest BCUT2D eigenvalue weighted by Crippen LogP contribution is -2.30. The number of carbonyl (C=O) groups excluding carboxylic acids is 3. The second-order valence-corrected chi connectivity index (χ2v) is 8.77. The van der Waals surface area contributed by atoms with E-state index in [9.17, 15) is 22.8 Å². The van der Waals surface area contributed by atoms with Crippen LogP contribution in [0.25, 0.3) is 0 Å². The molecule has 0 fully saturated rings. The lowest BCUT2D eigenvalue weighted by atomic mass is 10.2. The minimum absolute atomic E-state index is 0.00309. The molecule has 3 aromatic carbocycles. The van der Waals surface area contributed by atoms with Crippen molar-refractivity contribution >= 4 is 33.4 Å². The van der Waals surface area contributed by atoms with Gasteiger partial charge < -0.3 is 10.1 Å². The Kier molecular flexibility index (Phi) is 7.57. The highest BCUT2D eigenvalue weighted by molar-refractivity contribution is 7.92. The van der Waals surface area contributed by atoms with Gasteiger partial charge in [0.1, 0.15) is 13.2 Å². The van der Waals surface area contributed by atoms with E-state index in [0.29, 0.717) is 5.56 Å². The number of carbonyl (C=O) groups is 3. The van der Waals surface area contributed by atoms with Gasteiger partial charge in [-0.1, -0.05) is 42.5 Å². The zero-order chi connectivity index (χ0) is 23.8. The van der Waals surface area contributed by atoms with E-state index in [4.69, 9.17) is 4.74 Å². The van der Waals surface area contributed by atoms with Crippen molar-refractivity contribution in [2.75, 3.05) is 11.3 Å². The second-order valence-electron chi connectivity index (χ2n) is 7.09. The summed E-state index contributed by atoms with van der Waals surface area (Å²) in [5, 5.41) is 2.46. The number of amides is 1. The molecule has 0 bridgehead atoms. The van der Waals surface area contributed by atoms with Crippen LogP contribution in [0.4, 0.5) is 5.69 Å². The summed E-state index contributed by atoms with van der Waals surface area (Å²) in [6, 6.07) is 20.5. The average molecular weight is 467 g/mol. The summed E-state index contributed by atoms with van der Waals surface area (Å²) in [6.45, 7) is 1.21. The van der Waals surface area contributed by atoms with Crippen LogP contribution >= 0.6 is 0 Å². The first kappa shape index (κ1) is 23.7. The summed E-state index contributed by atoms with van der Waals surface area (Å²) < 4.78 is 32.5. The van der Waals surface area contributed by atoms with Gasteiger partial charge in [-0.2, -0.15) is 0 Å². The maximum absolute atomic E-state index is 12.5. The van der Waals surface area contributed by atoms with Gasteiger partial charge in [-0.05, 0) is 48.9 Å². The molecule has 0 heterocycles. The molecule has 0 atom stereocenters. The van der Waals surface area contributed by atoms with Crippen LogP contribution in [0.5, 0.6) is 0 Å². The van der Waals surface area contributed by atoms with Crippen molar-refractivity contribution < 1.29 is 27.5 Å². The Balaban J connectivity index is 1.53. The molecule has 0 aliphatic carbocycles. The summed E-state index contributed by atoms with van der Waals surface area (Å²) in [5.74, 6) is -1.24. The predicted molar refractivity (Wildman–Crippen MR) is 122 cm³/mol. The topological polar surface area (TPSA) is 119 Å². The SMILES string of the molecule is CC(=O)c1ccc(S(=O)(=O)Nc2ccc(C(=O)NCC(=O)OCc3ccccc3)cc2)cc1. The van der Waals surface area contributed by atoms with Gasteiger partial charge in [0.25, 0.3) is 15.9 Å². The summed E-state index contributed by atoms with van der Waals surface area (Å²) in [6.07, 6.45) is 0. The van der Waals surface area contributed by atoms with Gasteiger partial charge in [0.15, 0.2) is 5.78 Å². The van der Waals surface area contributed by atoms with Crippen LogP contribution in [0.2, 0.25) is 0 Å². The van der Waals surface area contributed by atoms with E-state index in [1.807, 2.05) is 30.3 Å². The van der Waals surface area contributed by atoms with Gasteiger partial charge in [-0.25, -0.2) is 8.42 Å². The number of nitrogens with one attached hydrogen (secondary N) is 2. The van der Waals surface area contributed by atoms with Gasteiger partial charge in [0.2, 0.25) is 0 Å². The minimum Gasteiger partial charge on any atom is -0.460 e. The molecule has 0 unspecified atom stereocenters. The smallest absolute Gasteiger partial charge is 0.325 e. The monoisotopic (exact) mass is 466 g/mol. The van der Waals surface area contributed by atoms with Crippen LogP contribution in [0, 0.1) is 0 Å². The standard InChI is InChI=1S/C24H22N2O6S/c1-17(27)19-9-13-22(14-10-19)33(30,31)26-21-11-7-20(8-12-21)24(29)25-15-23(28)32-16-18-5-3-2-4-6-18/h2-14,26H,15-16H2,1H3,(H,25,29). The number of Topliss-reactive ketones (excluding diaryl/α,β-unsaturated/α-hetero) is 1. The normalized spacial score (nSPS) is 10.8. The Labute approximate surface area is 191 Å². The fourth-order valence-electron chi connectivity index (χ4n) is 2.82. The molecule has 3 aromatic rings. The maximum atomic E-state index is 12.5. The molecular weight excluding hydrogens is 444 g/mol. The van der Waals surface area contributed by atoms with Crippen molar-refractivity contribution in [3.8, 4) is 0 Å². The molecule has 0 spiro atoms. The molecule has 0 aliphatic heterocycles. The Morgan fingerprint density at radius 1 is 0.818 bits per heavy atom. The predicted octanol–water partition coefficient (Wildman–Crippen LogP) is 3.16. The van der Waals surface area contributed by atoms with Crippen LogP contribution < -0.4 is 10.0 Å². The quantitative estimate of drug-likeness (QED) is 0.369. The molecule has 0 radical (unpaired) electrons. The highest BCUT2D eigenvalue weighted by Crippen LogP contribution is 2.17. The van der Waals surface area contributed by atoms with Crippen LogP contribution in [0.3, 0.4) is 0 Å². The number of benzene rings is 3. The molecule has 0 saturated carbocycles. The number of ether oxygens (including phenoxy) is 1. The van der Waals surface area contributed by atoms with Gasteiger partial charge in [0, 0.05) is 16.8 Å². The van der Waals surface area contributed by atoms with Crippen molar-refractivity contribution in [1.29, 1.82) is 0 Å². The maximum Gasteiger partial charge on any atom is 0.325 e. The molecule has 0 aliphatic rings. The fourth-order valence-corrected chi connectivity index (χ4v) is 3.87. The van der Waals surface area contributed by atoms with Crippen LogP contribution in [-0.4, -0.2) is 32.6 Å². The molecule has 2 N–H and O–H groups in total. The molecule has 8 nitrogen and oxygen atoms in total. The summed E-state index contributed by atoms with van der Waals surface area (Å²) >= 11 is 0. The lowest BCUT2D eigenvalue weighted by Gasteiger charge is -2.10. The number of rotatable bonds is 9. The third-order valence-electron chi connectivity index (χ3n) is 4.61. The zero-order valence-corrected chi connectivity index (χ0v) is 18.6. The molecule has 9 heteroatoms. The molecule has 1 amide bonds. The van der Waals surface area contributed by atoms with E-state index in [1.54, 1.807) is 0 Å². The summed E-state index contributed by atoms with van der Waals surface area (Å²) in [5.41, 5.74) is 1.75. The van der Waals surface area contributed by atoms with Crippen LogP contribution in [0.1, 0.15) is 33.2 Å². The fraction of sp³-hybridized carbons (Fsp3) is 0.125. The highest BCUT2D eigenvalue weighted by atomic mass is 32.2. The number of sulfonamides is 1. The van der Waals surface area contributed by atoms with E-state index < -0.39 is 21.9 Å². The minimum atomic E-state index is -3.86. The van der Waals surface area contributed by atoms with Crippen molar-refractivity contribution in [3.05, 3.63) is 95.6 Å². The summed E-state index contributed by atoms with van der Waals surface area (Å²) in [7, 11) is -3.86. The first-order valence-electron chi connectivity index (χ1n) is 9.96. The van der Waals surface area contributed by atoms with Crippen LogP contribution in [0.15, 0.2) is 83.8 Å². The van der Waals surface area contributed by atoms with Crippen molar-refractivity contribution in [3.63, 3.8) is 0 Å². The number of hydrogen-bond donors (Lipinski definition) is 2. The van der Waals surface area contributed by atoms with Gasteiger partial charge >= 0.3 is 5.97 Å². The van der Waals surface area contributed by atoms with E-state index in [2.05, 4.69) is 10.0 Å². The molecular formula is C24H22N2O6S. The average Bonchev–Trinajstić information content (AvgIpc) is 2.82. The van der Waals surface area contributed by atoms with Crippen molar-refractivity contribution in [1.82, 2.24) is 5.32 Å². The van der Waals surface area contributed by atoms with E-state index in [0.717, 1.165) is 5.56 Å². The number of hydrogen-bond acceptors (Lipinski definition) is 6. The molecule has 0 saturated heterocycles. The molecule has 3 rings (SSSR count). The Hall–Kier alpha value is -3.98. The third-order valence-corrected chi connectivity index (χ3v) is 6.00. The first-order valence-corrected chi connectivity index (χ1v) is 11.4. The third kappa shape index (κ3) is 6.75. The Morgan fingerprint density at radius 2 is 1.42 bits per heavy atom. The molecule has 0 aromatic heterocycles. The van der Waals surface area contributed by atoms with E-state index in [1.165, 1.54) is 55.5 Å². The number of esters is 1. The van der Waals surface area contributed by atoms with E-state index >= 15 is 0 Å². The molecule has 33 heavy (non-hydrogen) atoms. The zero-order valence-electron chi connectivity index (χ0n) is 17.8. The number of anilines is 1. The van der Waals surface area contributed by atoms with Gasteiger partial charge in [-0.15, -0.1) is 0 Å².